The fourth-order valence-electron chi connectivity index (χ4n) is 1.50. The topological polar surface area (TPSA) is 56.0 Å². The SMILES string of the molecule is C[C@H](NC(C#N)C(F)(F)F)[C@H](O)c1ccccc1. The highest BCUT2D eigenvalue weighted by atomic mass is 19.4. The van der Waals surface area contributed by atoms with Crippen LogP contribution in [0.4, 0.5) is 13.2 Å². The number of hydrogen-bond donors (Lipinski definition) is 2. The Balaban J connectivity index is 2.71. The molecular formula is C12H13F3N2O. The van der Waals surface area contributed by atoms with Gasteiger partial charge in [0.05, 0.1) is 12.2 Å². The van der Waals surface area contributed by atoms with Gasteiger partial charge in [-0.3, -0.25) is 5.32 Å². The van der Waals surface area contributed by atoms with E-state index in [9.17, 15) is 18.3 Å². The van der Waals surface area contributed by atoms with Crippen molar-refractivity contribution >= 4 is 0 Å². The van der Waals surface area contributed by atoms with Crippen molar-refractivity contribution in [3.63, 3.8) is 0 Å². The predicted molar refractivity (Wildman–Crippen MR) is 59.5 cm³/mol. The number of halogens is 3. The Morgan fingerprint density at radius 2 is 1.83 bits per heavy atom. The van der Waals surface area contributed by atoms with Crippen LogP contribution < -0.4 is 5.32 Å². The highest BCUT2D eigenvalue weighted by molar-refractivity contribution is 5.19. The number of aliphatic hydroxyl groups excluding tert-OH is 1. The first-order chi connectivity index (χ1) is 8.36. The summed E-state index contributed by atoms with van der Waals surface area (Å²) >= 11 is 0. The van der Waals surface area contributed by atoms with Crippen LogP contribution in [-0.4, -0.2) is 23.4 Å². The third-order valence-corrected chi connectivity index (χ3v) is 2.50. The van der Waals surface area contributed by atoms with E-state index in [0.29, 0.717) is 5.56 Å². The molecule has 0 heterocycles. The number of nitrogens with one attached hydrogen (secondary N) is 1. The first kappa shape index (κ1) is 14.5. The summed E-state index contributed by atoms with van der Waals surface area (Å²) in [5.74, 6) is 0. The van der Waals surface area contributed by atoms with Crippen LogP contribution in [0.2, 0.25) is 0 Å². The molecule has 1 aromatic carbocycles. The molecule has 0 radical (unpaired) electrons. The van der Waals surface area contributed by atoms with Crippen LogP contribution in [0.5, 0.6) is 0 Å². The highest BCUT2D eigenvalue weighted by Gasteiger charge is 2.41. The first-order valence-electron chi connectivity index (χ1n) is 5.31. The summed E-state index contributed by atoms with van der Waals surface area (Å²) in [6, 6.07) is 6.27. The molecule has 1 unspecified atom stereocenters. The number of nitriles is 1. The fourth-order valence-corrected chi connectivity index (χ4v) is 1.50. The largest absolute Gasteiger partial charge is 0.417 e. The lowest BCUT2D eigenvalue weighted by Gasteiger charge is -2.24. The minimum atomic E-state index is -4.65. The lowest BCUT2D eigenvalue weighted by Crippen LogP contribution is -2.47. The molecule has 0 aliphatic heterocycles. The van der Waals surface area contributed by atoms with Crippen LogP contribution in [0.15, 0.2) is 30.3 Å². The molecule has 0 saturated heterocycles. The van der Waals surface area contributed by atoms with E-state index in [1.165, 1.54) is 6.92 Å². The molecular weight excluding hydrogens is 245 g/mol. The second kappa shape index (κ2) is 5.85. The zero-order valence-corrected chi connectivity index (χ0v) is 9.65. The fraction of sp³-hybridized carbons (Fsp3) is 0.417. The molecule has 0 saturated carbocycles. The monoisotopic (exact) mass is 258 g/mol. The van der Waals surface area contributed by atoms with E-state index in [0.717, 1.165) is 6.07 Å². The van der Waals surface area contributed by atoms with Gasteiger partial charge in [0.15, 0.2) is 6.04 Å². The van der Waals surface area contributed by atoms with Gasteiger partial charge in [0.25, 0.3) is 0 Å². The summed E-state index contributed by atoms with van der Waals surface area (Å²) in [5, 5.41) is 20.4. The van der Waals surface area contributed by atoms with Gasteiger partial charge < -0.3 is 5.11 Å². The number of benzene rings is 1. The minimum absolute atomic E-state index is 0.497. The van der Waals surface area contributed by atoms with Gasteiger partial charge in [-0.15, -0.1) is 0 Å². The first-order valence-corrected chi connectivity index (χ1v) is 5.31. The molecule has 0 spiro atoms. The van der Waals surface area contributed by atoms with Crippen LogP contribution in [0.3, 0.4) is 0 Å². The molecule has 1 rings (SSSR count). The number of nitrogens with zero attached hydrogens (tertiary/aromatic N) is 1. The lowest BCUT2D eigenvalue weighted by atomic mass is 10.0. The zero-order chi connectivity index (χ0) is 13.8. The van der Waals surface area contributed by atoms with E-state index in [1.807, 2.05) is 0 Å². The predicted octanol–water partition coefficient (Wildman–Crippen LogP) is 2.15. The van der Waals surface area contributed by atoms with Gasteiger partial charge >= 0.3 is 6.18 Å². The Morgan fingerprint density at radius 1 is 1.28 bits per heavy atom. The van der Waals surface area contributed by atoms with Crippen molar-refractivity contribution in [2.45, 2.75) is 31.3 Å². The summed E-state index contributed by atoms with van der Waals surface area (Å²) < 4.78 is 37.1. The minimum Gasteiger partial charge on any atom is -0.387 e. The van der Waals surface area contributed by atoms with Crippen LogP contribution in [0.1, 0.15) is 18.6 Å². The van der Waals surface area contributed by atoms with E-state index < -0.39 is 24.4 Å². The maximum atomic E-state index is 12.4. The van der Waals surface area contributed by atoms with E-state index in [1.54, 1.807) is 30.3 Å². The maximum Gasteiger partial charge on any atom is 0.417 e. The standard InChI is InChI=1S/C12H13F3N2O/c1-8(17-10(7-16)12(13,14)15)11(18)9-5-3-2-4-6-9/h2-6,8,10-11,17-18H,1H3/t8-,10?,11-/m0/s1. The van der Waals surface area contributed by atoms with Crippen molar-refractivity contribution in [3.8, 4) is 6.07 Å². The van der Waals surface area contributed by atoms with Gasteiger partial charge in [0.2, 0.25) is 0 Å². The van der Waals surface area contributed by atoms with Gasteiger partial charge in [-0.1, -0.05) is 30.3 Å². The molecule has 0 fully saturated rings. The summed E-state index contributed by atoms with van der Waals surface area (Å²) in [5.41, 5.74) is 0.497. The van der Waals surface area contributed by atoms with Crippen LogP contribution in [-0.2, 0) is 0 Å². The van der Waals surface area contributed by atoms with Gasteiger partial charge in [-0.05, 0) is 12.5 Å². The smallest absolute Gasteiger partial charge is 0.387 e. The molecule has 98 valence electrons. The summed E-state index contributed by atoms with van der Waals surface area (Å²) in [6.45, 7) is 1.40. The number of hydrogen-bond acceptors (Lipinski definition) is 3. The lowest BCUT2D eigenvalue weighted by molar-refractivity contribution is -0.145. The molecule has 2 N–H and O–H groups in total. The molecule has 6 heteroatoms. The average Bonchev–Trinajstić information content (AvgIpc) is 2.34. The Kier molecular flexibility index (Phi) is 4.70. The zero-order valence-electron chi connectivity index (χ0n) is 9.65. The second-order valence-electron chi connectivity index (χ2n) is 3.91. The second-order valence-corrected chi connectivity index (χ2v) is 3.91. The van der Waals surface area contributed by atoms with Gasteiger partial charge in [-0.25, -0.2) is 0 Å². The Hall–Kier alpha value is -1.58. The molecule has 0 bridgehead atoms. The van der Waals surface area contributed by atoms with Crippen molar-refractivity contribution in [1.29, 1.82) is 5.26 Å². The molecule has 0 aromatic heterocycles. The molecule has 0 aliphatic rings. The number of aliphatic hydroxyl groups is 1. The number of rotatable bonds is 4. The Bertz CT molecular complexity index is 414. The Morgan fingerprint density at radius 3 is 2.28 bits per heavy atom. The van der Waals surface area contributed by atoms with Crippen LogP contribution in [0, 0.1) is 11.3 Å². The van der Waals surface area contributed by atoms with Crippen molar-refractivity contribution in [2.75, 3.05) is 0 Å². The highest BCUT2D eigenvalue weighted by Crippen LogP contribution is 2.22. The van der Waals surface area contributed by atoms with Gasteiger partial charge in [0, 0.05) is 6.04 Å². The summed E-state index contributed by atoms with van der Waals surface area (Å²) in [6.07, 6.45) is -5.76. The molecule has 0 amide bonds. The normalized spacial score (nSPS) is 16.7. The van der Waals surface area contributed by atoms with Crippen LogP contribution >= 0.6 is 0 Å². The maximum absolute atomic E-state index is 12.4. The van der Waals surface area contributed by atoms with Crippen molar-refractivity contribution in [1.82, 2.24) is 5.32 Å². The quantitative estimate of drug-likeness (QED) is 0.870. The van der Waals surface area contributed by atoms with E-state index >= 15 is 0 Å². The Labute approximate surface area is 103 Å². The van der Waals surface area contributed by atoms with Crippen LogP contribution in [0.25, 0.3) is 0 Å². The number of alkyl halides is 3. The van der Waals surface area contributed by atoms with Gasteiger partial charge in [0.1, 0.15) is 0 Å². The van der Waals surface area contributed by atoms with E-state index in [-0.39, 0.29) is 0 Å². The van der Waals surface area contributed by atoms with Crippen molar-refractivity contribution in [2.24, 2.45) is 0 Å². The molecule has 1 aromatic rings. The third-order valence-electron chi connectivity index (χ3n) is 2.50. The summed E-state index contributed by atoms with van der Waals surface area (Å²) in [4.78, 5) is 0. The van der Waals surface area contributed by atoms with Crippen molar-refractivity contribution in [3.05, 3.63) is 35.9 Å². The van der Waals surface area contributed by atoms with Crippen molar-refractivity contribution < 1.29 is 18.3 Å². The third kappa shape index (κ3) is 3.72. The molecule has 3 atom stereocenters. The average molecular weight is 258 g/mol. The van der Waals surface area contributed by atoms with Gasteiger partial charge in [-0.2, -0.15) is 18.4 Å². The van der Waals surface area contributed by atoms with E-state index in [2.05, 4.69) is 5.32 Å². The molecule has 3 nitrogen and oxygen atoms in total. The molecule has 0 aliphatic carbocycles. The summed E-state index contributed by atoms with van der Waals surface area (Å²) in [7, 11) is 0. The van der Waals surface area contributed by atoms with E-state index in [4.69, 9.17) is 5.26 Å². The molecule has 18 heavy (non-hydrogen) atoms.